The lowest BCUT2D eigenvalue weighted by molar-refractivity contribution is 0.0951. The summed E-state index contributed by atoms with van der Waals surface area (Å²) in [6.07, 6.45) is 3.84. The average molecular weight is 311 g/mol. The molecular formula is C13H12BrFN2O. The first-order valence-electron chi connectivity index (χ1n) is 5.51. The Balaban J connectivity index is 1.93. The van der Waals surface area contributed by atoms with Crippen LogP contribution < -0.4 is 5.32 Å². The summed E-state index contributed by atoms with van der Waals surface area (Å²) in [5, 5.41) is 2.75. The van der Waals surface area contributed by atoms with Crippen molar-refractivity contribution in [3.05, 3.63) is 58.6 Å². The van der Waals surface area contributed by atoms with Crippen molar-refractivity contribution in [2.24, 2.45) is 0 Å². The van der Waals surface area contributed by atoms with Crippen LogP contribution in [0.25, 0.3) is 0 Å². The third-order valence-corrected chi connectivity index (χ3v) is 3.19. The molecule has 0 bridgehead atoms. The number of rotatable bonds is 4. The second-order valence-electron chi connectivity index (χ2n) is 3.80. The van der Waals surface area contributed by atoms with Gasteiger partial charge in [-0.05, 0) is 46.3 Å². The number of amides is 1. The van der Waals surface area contributed by atoms with E-state index in [1.165, 1.54) is 18.2 Å². The highest BCUT2D eigenvalue weighted by atomic mass is 79.9. The van der Waals surface area contributed by atoms with Gasteiger partial charge in [-0.1, -0.05) is 0 Å². The van der Waals surface area contributed by atoms with Crippen LogP contribution in [-0.2, 0) is 6.54 Å². The Morgan fingerprint density at radius 2 is 2.06 bits per heavy atom. The standard InChI is InChI=1S/C13H12BrFN2O/c14-12-4-3-10(15)9-11(12)13(18)16-5-8-17-6-1-2-7-17/h1-4,6-7,9H,5,8H2,(H,16,18). The molecule has 0 radical (unpaired) electrons. The molecule has 18 heavy (non-hydrogen) atoms. The second kappa shape index (κ2) is 5.82. The summed E-state index contributed by atoms with van der Waals surface area (Å²) in [4.78, 5) is 11.8. The lowest BCUT2D eigenvalue weighted by atomic mass is 10.2. The Labute approximate surface area is 113 Å². The van der Waals surface area contributed by atoms with Crippen LogP contribution in [0.3, 0.4) is 0 Å². The first-order valence-corrected chi connectivity index (χ1v) is 6.30. The average Bonchev–Trinajstić information content (AvgIpc) is 2.85. The van der Waals surface area contributed by atoms with Crippen molar-refractivity contribution in [2.45, 2.75) is 6.54 Å². The van der Waals surface area contributed by atoms with E-state index >= 15 is 0 Å². The number of carbonyl (C=O) groups is 1. The lowest BCUT2D eigenvalue weighted by Crippen LogP contribution is -2.27. The van der Waals surface area contributed by atoms with E-state index in [-0.39, 0.29) is 5.91 Å². The van der Waals surface area contributed by atoms with E-state index in [0.29, 0.717) is 23.1 Å². The number of aromatic nitrogens is 1. The SMILES string of the molecule is O=C(NCCn1cccc1)c1cc(F)ccc1Br. The van der Waals surface area contributed by atoms with Gasteiger partial charge in [0.2, 0.25) is 0 Å². The van der Waals surface area contributed by atoms with E-state index in [1.807, 2.05) is 29.1 Å². The Hall–Kier alpha value is -1.62. The number of halogens is 2. The minimum Gasteiger partial charge on any atom is -0.353 e. The van der Waals surface area contributed by atoms with Gasteiger partial charge in [0.25, 0.3) is 5.91 Å². The molecule has 0 aliphatic heterocycles. The fourth-order valence-corrected chi connectivity index (χ4v) is 2.01. The molecule has 3 nitrogen and oxygen atoms in total. The number of hydrogen-bond donors (Lipinski definition) is 1. The van der Waals surface area contributed by atoms with Crippen LogP contribution in [0.2, 0.25) is 0 Å². The predicted molar refractivity (Wildman–Crippen MR) is 70.9 cm³/mol. The Morgan fingerprint density at radius 3 is 2.78 bits per heavy atom. The molecule has 2 rings (SSSR count). The van der Waals surface area contributed by atoms with Crippen molar-refractivity contribution >= 4 is 21.8 Å². The third-order valence-electron chi connectivity index (χ3n) is 2.49. The number of nitrogens with zero attached hydrogens (tertiary/aromatic N) is 1. The predicted octanol–water partition coefficient (Wildman–Crippen LogP) is 2.82. The number of carbonyl (C=O) groups excluding carboxylic acids is 1. The van der Waals surface area contributed by atoms with E-state index in [1.54, 1.807) is 0 Å². The van der Waals surface area contributed by atoms with Gasteiger partial charge >= 0.3 is 0 Å². The van der Waals surface area contributed by atoms with Crippen LogP contribution in [0.4, 0.5) is 4.39 Å². The van der Waals surface area contributed by atoms with E-state index in [4.69, 9.17) is 0 Å². The second-order valence-corrected chi connectivity index (χ2v) is 4.66. The van der Waals surface area contributed by atoms with Crippen LogP contribution in [-0.4, -0.2) is 17.0 Å². The molecular weight excluding hydrogens is 299 g/mol. The van der Waals surface area contributed by atoms with Crippen LogP contribution in [0, 0.1) is 5.82 Å². The Kier molecular flexibility index (Phi) is 4.15. The van der Waals surface area contributed by atoms with E-state index in [0.717, 1.165) is 0 Å². The topological polar surface area (TPSA) is 34.0 Å². The number of hydrogen-bond acceptors (Lipinski definition) is 1. The van der Waals surface area contributed by atoms with Crippen LogP contribution >= 0.6 is 15.9 Å². The normalized spacial score (nSPS) is 10.3. The lowest BCUT2D eigenvalue weighted by Gasteiger charge is -2.07. The zero-order valence-corrected chi connectivity index (χ0v) is 11.2. The fourth-order valence-electron chi connectivity index (χ4n) is 1.58. The van der Waals surface area contributed by atoms with Crippen molar-refractivity contribution in [3.63, 3.8) is 0 Å². The van der Waals surface area contributed by atoms with Crippen molar-refractivity contribution in [2.75, 3.05) is 6.54 Å². The van der Waals surface area contributed by atoms with Crippen LogP contribution in [0.15, 0.2) is 47.2 Å². The van der Waals surface area contributed by atoms with Gasteiger partial charge in [0.05, 0.1) is 5.56 Å². The smallest absolute Gasteiger partial charge is 0.252 e. The van der Waals surface area contributed by atoms with Crippen LogP contribution in [0.5, 0.6) is 0 Å². The minimum atomic E-state index is -0.422. The number of benzene rings is 1. The maximum absolute atomic E-state index is 13.0. The summed E-state index contributed by atoms with van der Waals surface area (Å²) < 4.78 is 15.6. The van der Waals surface area contributed by atoms with Gasteiger partial charge in [0.15, 0.2) is 0 Å². The summed E-state index contributed by atoms with van der Waals surface area (Å²) in [7, 11) is 0. The van der Waals surface area contributed by atoms with Gasteiger partial charge in [0, 0.05) is 30.0 Å². The highest BCUT2D eigenvalue weighted by Gasteiger charge is 2.10. The van der Waals surface area contributed by atoms with Crippen molar-refractivity contribution in [3.8, 4) is 0 Å². The molecule has 0 atom stereocenters. The molecule has 5 heteroatoms. The highest BCUT2D eigenvalue weighted by molar-refractivity contribution is 9.10. The summed E-state index contributed by atoms with van der Waals surface area (Å²) >= 11 is 3.23. The minimum absolute atomic E-state index is 0.284. The third kappa shape index (κ3) is 3.20. The molecule has 1 heterocycles. The molecule has 0 fully saturated rings. The molecule has 1 aromatic carbocycles. The summed E-state index contributed by atoms with van der Waals surface area (Å²) in [6.45, 7) is 1.18. The molecule has 0 saturated heterocycles. The van der Waals surface area contributed by atoms with Crippen molar-refractivity contribution in [1.82, 2.24) is 9.88 Å². The van der Waals surface area contributed by atoms with Crippen molar-refractivity contribution in [1.29, 1.82) is 0 Å². The Morgan fingerprint density at radius 1 is 1.33 bits per heavy atom. The maximum atomic E-state index is 13.0. The van der Waals surface area contributed by atoms with Gasteiger partial charge in [-0.3, -0.25) is 4.79 Å². The van der Waals surface area contributed by atoms with E-state index in [2.05, 4.69) is 21.2 Å². The first-order chi connectivity index (χ1) is 8.66. The molecule has 1 N–H and O–H groups in total. The van der Waals surface area contributed by atoms with Gasteiger partial charge in [-0.15, -0.1) is 0 Å². The molecule has 1 aromatic heterocycles. The molecule has 0 saturated carbocycles. The maximum Gasteiger partial charge on any atom is 0.252 e. The van der Waals surface area contributed by atoms with Gasteiger partial charge in [0.1, 0.15) is 5.82 Å². The largest absolute Gasteiger partial charge is 0.353 e. The summed E-state index contributed by atoms with van der Waals surface area (Å²) in [5.41, 5.74) is 0.308. The molecule has 1 amide bonds. The molecule has 0 spiro atoms. The molecule has 0 aliphatic rings. The molecule has 94 valence electrons. The van der Waals surface area contributed by atoms with Crippen molar-refractivity contribution < 1.29 is 9.18 Å². The molecule has 0 unspecified atom stereocenters. The fraction of sp³-hybridized carbons (Fsp3) is 0.154. The monoisotopic (exact) mass is 310 g/mol. The van der Waals surface area contributed by atoms with E-state index < -0.39 is 5.82 Å². The first kappa shape index (κ1) is 12.8. The van der Waals surface area contributed by atoms with Gasteiger partial charge < -0.3 is 9.88 Å². The highest BCUT2D eigenvalue weighted by Crippen LogP contribution is 2.17. The zero-order valence-electron chi connectivity index (χ0n) is 9.57. The summed E-state index contributed by atoms with van der Waals surface area (Å²) in [5.74, 6) is -0.706. The summed E-state index contributed by atoms with van der Waals surface area (Å²) in [6, 6.07) is 7.89. The Bertz CT molecular complexity index is 540. The number of nitrogens with one attached hydrogen (secondary N) is 1. The van der Waals surface area contributed by atoms with Gasteiger partial charge in [-0.25, -0.2) is 4.39 Å². The molecule has 2 aromatic rings. The van der Waals surface area contributed by atoms with E-state index in [9.17, 15) is 9.18 Å². The molecule has 0 aliphatic carbocycles. The zero-order chi connectivity index (χ0) is 13.0. The quantitative estimate of drug-likeness (QED) is 0.925. The van der Waals surface area contributed by atoms with Gasteiger partial charge in [-0.2, -0.15) is 0 Å². The van der Waals surface area contributed by atoms with Crippen LogP contribution in [0.1, 0.15) is 10.4 Å².